The molecule has 1 N–H and O–H groups in total. The van der Waals surface area contributed by atoms with E-state index < -0.39 is 22.0 Å². The number of sulfonamides is 1. The summed E-state index contributed by atoms with van der Waals surface area (Å²) < 4.78 is 32.2. The highest BCUT2D eigenvalue weighted by atomic mass is 32.2. The molecule has 1 aliphatic rings. The van der Waals surface area contributed by atoms with Gasteiger partial charge >= 0.3 is 5.97 Å². The number of hydrogen-bond donors (Lipinski definition) is 1. The maximum Gasteiger partial charge on any atom is 0.324 e. The number of carbonyl (C=O) groups excluding carboxylic acids is 1. The molecule has 1 atom stereocenters. The van der Waals surface area contributed by atoms with E-state index in [1.807, 2.05) is 37.3 Å². The fourth-order valence-electron chi connectivity index (χ4n) is 2.37. The van der Waals surface area contributed by atoms with Crippen LogP contribution in [-0.2, 0) is 26.0 Å². The Morgan fingerprint density at radius 2 is 1.91 bits per heavy atom. The van der Waals surface area contributed by atoms with Crippen LogP contribution in [0.15, 0.2) is 53.0 Å². The first-order valence-corrected chi connectivity index (χ1v) is 8.91. The van der Waals surface area contributed by atoms with Gasteiger partial charge in [-0.25, -0.2) is 8.42 Å². The molecule has 0 spiro atoms. The third kappa shape index (κ3) is 4.77. The minimum Gasteiger partial charge on any atom is -0.468 e. The average molecular weight is 335 g/mol. The fourth-order valence-corrected chi connectivity index (χ4v) is 3.70. The van der Waals surface area contributed by atoms with E-state index in [2.05, 4.69) is 4.72 Å². The Bertz CT molecular complexity index is 720. The Hall–Kier alpha value is -1.92. The van der Waals surface area contributed by atoms with Crippen molar-refractivity contribution in [1.29, 1.82) is 0 Å². The molecule has 0 radical (unpaired) electrons. The standard InChI is InChI=1S/C17H21NO4S/c1-13-8-10-15(11-9-13)23(20,21)18-16(17(19)22-2)12-14-6-4-3-5-7-14/h3-8,10,16,18H,9,11-12H2,1-2H3/t16-/m1/s1. The molecule has 1 aromatic rings. The van der Waals surface area contributed by atoms with E-state index in [-0.39, 0.29) is 6.42 Å². The molecule has 23 heavy (non-hydrogen) atoms. The number of methoxy groups -OCH3 is 1. The van der Waals surface area contributed by atoms with Crippen molar-refractivity contribution in [2.75, 3.05) is 7.11 Å². The molecule has 0 bridgehead atoms. The second-order valence-corrected chi connectivity index (χ2v) is 7.30. The van der Waals surface area contributed by atoms with Crippen LogP contribution in [0.1, 0.15) is 25.3 Å². The first-order valence-electron chi connectivity index (χ1n) is 7.43. The fraction of sp³-hybridized carbons (Fsp3) is 0.353. The summed E-state index contributed by atoms with van der Waals surface area (Å²) in [5.74, 6) is -0.597. The highest BCUT2D eigenvalue weighted by Gasteiger charge is 2.28. The molecule has 0 saturated carbocycles. The number of ether oxygens (including phenoxy) is 1. The summed E-state index contributed by atoms with van der Waals surface area (Å²) in [5, 5.41) is 0. The van der Waals surface area contributed by atoms with Gasteiger partial charge in [0.1, 0.15) is 6.04 Å². The molecule has 0 aliphatic heterocycles. The number of esters is 1. The number of allylic oxidation sites excluding steroid dienone is 4. The van der Waals surface area contributed by atoms with Crippen LogP contribution in [0.5, 0.6) is 0 Å². The first-order chi connectivity index (χ1) is 10.9. The van der Waals surface area contributed by atoms with Gasteiger partial charge in [-0.3, -0.25) is 4.79 Å². The molecule has 0 unspecified atom stereocenters. The van der Waals surface area contributed by atoms with Crippen LogP contribution in [0.4, 0.5) is 0 Å². The van der Waals surface area contributed by atoms with Crippen molar-refractivity contribution in [1.82, 2.24) is 4.72 Å². The van der Waals surface area contributed by atoms with Crippen LogP contribution in [0.2, 0.25) is 0 Å². The van der Waals surface area contributed by atoms with Crippen molar-refractivity contribution in [3.63, 3.8) is 0 Å². The predicted octanol–water partition coefficient (Wildman–Crippen LogP) is 2.31. The van der Waals surface area contributed by atoms with Crippen molar-refractivity contribution in [2.45, 2.75) is 32.2 Å². The van der Waals surface area contributed by atoms with Crippen LogP contribution < -0.4 is 4.72 Å². The molecule has 5 nitrogen and oxygen atoms in total. The van der Waals surface area contributed by atoms with Gasteiger partial charge in [-0.15, -0.1) is 0 Å². The van der Waals surface area contributed by atoms with Gasteiger partial charge in [-0.1, -0.05) is 42.0 Å². The quantitative estimate of drug-likeness (QED) is 0.810. The minimum atomic E-state index is -3.72. The molecule has 0 heterocycles. The summed E-state index contributed by atoms with van der Waals surface area (Å²) in [6.07, 6.45) is 4.78. The van der Waals surface area contributed by atoms with E-state index >= 15 is 0 Å². The normalized spacial score (nSPS) is 16.3. The number of hydrogen-bond acceptors (Lipinski definition) is 4. The van der Waals surface area contributed by atoms with Gasteiger partial charge < -0.3 is 4.74 Å². The van der Waals surface area contributed by atoms with E-state index in [1.165, 1.54) is 7.11 Å². The predicted molar refractivity (Wildman–Crippen MR) is 89.1 cm³/mol. The van der Waals surface area contributed by atoms with Gasteiger partial charge in [0.15, 0.2) is 0 Å². The number of rotatable bonds is 6. The van der Waals surface area contributed by atoms with Crippen molar-refractivity contribution in [2.24, 2.45) is 0 Å². The molecule has 0 amide bonds. The molecule has 1 aromatic carbocycles. The van der Waals surface area contributed by atoms with Gasteiger partial charge in [-0.05, 0) is 37.8 Å². The smallest absolute Gasteiger partial charge is 0.324 e. The Kier molecular flexibility index (Phi) is 5.74. The minimum absolute atomic E-state index is 0.245. The summed E-state index contributed by atoms with van der Waals surface area (Å²) >= 11 is 0. The third-order valence-electron chi connectivity index (χ3n) is 3.73. The van der Waals surface area contributed by atoms with E-state index in [9.17, 15) is 13.2 Å². The van der Waals surface area contributed by atoms with E-state index in [0.29, 0.717) is 17.7 Å². The van der Waals surface area contributed by atoms with Crippen molar-refractivity contribution in [3.05, 3.63) is 58.5 Å². The van der Waals surface area contributed by atoms with Crippen molar-refractivity contribution in [3.8, 4) is 0 Å². The SMILES string of the molecule is COC(=O)[C@@H](Cc1ccccc1)NS(=O)(=O)C1=CC=C(C)CC1. The molecular weight excluding hydrogens is 314 g/mol. The van der Waals surface area contributed by atoms with Gasteiger partial charge in [0.25, 0.3) is 0 Å². The lowest BCUT2D eigenvalue weighted by Gasteiger charge is -2.19. The molecule has 0 fully saturated rings. The van der Waals surface area contributed by atoms with Crippen LogP contribution >= 0.6 is 0 Å². The topological polar surface area (TPSA) is 72.5 Å². The van der Waals surface area contributed by atoms with Crippen LogP contribution in [0, 0.1) is 0 Å². The van der Waals surface area contributed by atoms with E-state index in [0.717, 1.165) is 11.1 Å². The average Bonchev–Trinajstić information content (AvgIpc) is 2.54. The Balaban J connectivity index is 2.19. The number of benzene rings is 1. The maximum atomic E-state index is 12.5. The van der Waals surface area contributed by atoms with E-state index in [1.54, 1.807) is 12.2 Å². The van der Waals surface area contributed by atoms with Gasteiger partial charge in [-0.2, -0.15) is 4.72 Å². The zero-order valence-corrected chi connectivity index (χ0v) is 14.1. The van der Waals surface area contributed by atoms with Crippen LogP contribution in [0.3, 0.4) is 0 Å². The van der Waals surface area contributed by atoms with Crippen molar-refractivity contribution < 1.29 is 17.9 Å². The Labute approximate surface area is 137 Å². The number of nitrogens with one attached hydrogen (secondary N) is 1. The van der Waals surface area contributed by atoms with Gasteiger partial charge in [0, 0.05) is 0 Å². The first kappa shape index (κ1) is 17.4. The van der Waals surface area contributed by atoms with E-state index in [4.69, 9.17) is 4.74 Å². The summed E-state index contributed by atoms with van der Waals surface area (Å²) in [4.78, 5) is 12.2. The summed E-state index contributed by atoms with van der Waals surface area (Å²) in [6, 6.07) is 8.29. The molecule has 1 aliphatic carbocycles. The Morgan fingerprint density at radius 3 is 2.48 bits per heavy atom. The second kappa shape index (κ2) is 7.57. The Morgan fingerprint density at radius 1 is 1.22 bits per heavy atom. The summed E-state index contributed by atoms with van der Waals surface area (Å²) in [5.41, 5.74) is 2.00. The molecule has 124 valence electrons. The lowest BCUT2D eigenvalue weighted by molar-refractivity contribution is -0.142. The van der Waals surface area contributed by atoms with Gasteiger partial charge in [0.05, 0.1) is 12.0 Å². The van der Waals surface area contributed by atoms with Crippen LogP contribution in [0.25, 0.3) is 0 Å². The molecule has 0 aromatic heterocycles. The zero-order valence-electron chi connectivity index (χ0n) is 13.3. The largest absolute Gasteiger partial charge is 0.468 e. The van der Waals surface area contributed by atoms with Crippen molar-refractivity contribution >= 4 is 16.0 Å². The maximum absolute atomic E-state index is 12.5. The lowest BCUT2D eigenvalue weighted by Crippen LogP contribution is -2.43. The monoisotopic (exact) mass is 335 g/mol. The number of carbonyl (C=O) groups is 1. The third-order valence-corrected chi connectivity index (χ3v) is 5.36. The molecule has 2 rings (SSSR count). The highest BCUT2D eigenvalue weighted by Crippen LogP contribution is 2.22. The molecule has 0 saturated heterocycles. The zero-order chi connectivity index (χ0) is 16.9. The molecule has 6 heteroatoms. The molecular formula is C17H21NO4S. The highest BCUT2D eigenvalue weighted by molar-refractivity contribution is 7.93. The summed E-state index contributed by atoms with van der Waals surface area (Å²) in [7, 11) is -2.46. The lowest BCUT2D eigenvalue weighted by atomic mass is 10.1. The van der Waals surface area contributed by atoms with Crippen LogP contribution in [-0.4, -0.2) is 27.5 Å². The summed E-state index contributed by atoms with van der Waals surface area (Å²) in [6.45, 7) is 1.96. The van der Waals surface area contributed by atoms with Gasteiger partial charge in [0.2, 0.25) is 10.0 Å². The second-order valence-electron chi connectivity index (χ2n) is 5.53.